The molecule has 160 valence electrons. The molecule has 7 heteroatoms. The Morgan fingerprint density at radius 1 is 1.10 bits per heavy atom. The predicted octanol–water partition coefficient (Wildman–Crippen LogP) is 2.98. The molecule has 4 rings (SSSR count). The quantitative estimate of drug-likeness (QED) is 0.626. The molecule has 31 heavy (non-hydrogen) atoms. The maximum Gasteiger partial charge on any atom is 0.252 e. The van der Waals surface area contributed by atoms with Crippen LogP contribution < -0.4 is 5.32 Å². The number of aryl methyl sites for hydroxylation is 2. The second-order valence-corrected chi connectivity index (χ2v) is 7.94. The Morgan fingerprint density at radius 2 is 1.90 bits per heavy atom. The minimum atomic E-state index is -0.188. The van der Waals surface area contributed by atoms with E-state index in [1.165, 1.54) is 11.1 Å². The first-order valence-corrected chi connectivity index (χ1v) is 10.6. The zero-order valence-corrected chi connectivity index (χ0v) is 18.0. The fourth-order valence-electron chi connectivity index (χ4n) is 3.92. The first-order chi connectivity index (χ1) is 15.0. The Bertz CT molecular complexity index is 1090. The van der Waals surface area contributed by atoms with Crippen LogP contribution in [0, 0.1) is 13.8 Å². The average molecular weight is 418 g/mol. The van der Waals surface area contributed by atoms with Gasteiger partial charge in [-0.05, 0) is 56.0 Å². The number of amides is 2. The summed E-state index contributed by atoms with van der Waals surface area (Å²) in [5.74, 6) is 0.627. The van der Waals surface area contributed by atoms with Gasteiger partial charge in [0.05, 0.1) is 11.3 Å². The molecule has 0 aliphatic carbocycles. The molecule has 0 saturated carbocycles. The second kappa shape index (κ2) is 9.12. The van der Waals surface area contributed by atoms with Crippen molar-refractivity contribution < 1.29 is 9.59 Å². The van der Waals surface area contributed by atoms with Gasteiger partial charge in [-0.3, -0.25) is 9.59 Å². The highest BCUT2D eigenvalue weighted by molar-refractivity contribution is 5.93. The van der Waals surface area contributed by atoms with Gasteiger partial charge in [-0.1, -0.05) is 24.3 Å². The van der Waals surface area contributed by atoms with Crippen LogP contribution in [0.1, 0.15) is 45.7 Å². The van der Waals surface area contributed by atoms with E-state index in [-0.39, 0.29) is 11.8 Å². The molecule has 3 heterocycles. The van der Waals surface area contributed by atoms with Gasteiger partial charge in [0.15, 0.2) is 5.82 Å². The van der Waals surface area contributed by atoms with Crippen LogP contribution in [0.3, 0.4) is 0 Å². The molecule has 2 aromatic heterocycles. The van der Waals surface area contributed by atoms with Gasteiger partial charge in [0.25, 0.3) is 5.91 Å². The van der Waals surface area contributed by atoms with E-state index in [1.807, 2.05) is 36.9 Å². The molecule has 1 aliphatic rings. The normalized spacial score (nSPS) is 13.0. The van der Waals surface area contributed by atoms with E-state index in [0.717, 1.165) is 24.4 Å². The molecule has 0 atom stereocenters. The van der Waals surface area contributed by atoms with E-state index in [1.54, 1.807) is 23.0 Å². The lowest BCUT2D eigenvalue weighted by atomic mass is 9.99. The number of pyridine rings is 1. The molecule has 1 aromatic carbocycles. The van der Waals surface area contributed by atoms with E-state index >= 15 is 0 Å². The zero-order valence-electron chi connectivity index (χ0n) is 18.0. The summed E-state index contributed by atoms with van der Waals surface area (Å²) in [6.07, 6.45) is 3.49. The van der Waals surface area contributed by atoms with Crippen molar-refractivity contribution in [3.05, 3.63) is 76.7 Å². The first kappa shape index (κ1) is 20.8. The molecular weight excluding hydrogens is 390 g/mol. The summed E-state index contributed by atoms with van der Waals surface area (Å²) in [6, 6.07) is 13.8. The summed E-state index contributed by atoms with van der Waals surface area (Å²) in [6.45, 7) is 5.78. The molecule has 1 N–H and O–H groups in total. The molecule has 3 aromatic rings. The smallest absolute Gasteiger partial charge is 0.252 e. The van der Waals surface area contributed by atoms with Crippen LogP contribution in [0.2, 0.25) is 0 Å². The number of hydrogen-bond donors (Lipinski definition) is 1. The number of carbonyl (C=O) groups is 2. The van der Waals surface area contributed by atoms with Gasteiger partial charge in [0.1, 0.15) is 0 Å². The van der Waals surface area contributed by atoms with Crippen molar-refractivity contribution in [2.45, 2.75) is 39.7 Å². The molecular formula is C24H27N5O2. The molecule has 0 bridgehead atoms. The van der Waals surface area contributed by atoms with Gasteiger partial charge in [-0.25, -0.2) is 9.67 Å². The minimum absolute atomic E-state index is 0.139. The van der Waals surface area contributed by atoms with Crippen LogP contribution >= 0.6 is 0 Å². The van der Waals surface area contributed by atoms with E-state index in [9.17, 15) is 9.59 Å². The van der Waals surface area contributed by atoms with Gasteiger partial charge < -0.3 is 10.2 Å². The summed E-state index contributed by atoms with van der Waals surface area (Å²) < 4.78 is 1.75. The summed E-state index contributed by atoms with van der Waals surface area (Å²) in [7, 11) is 0. The number of benzene rings is 1. The van der Waals surface area contributed by atoms with E-state index < -0.39 is 0 Å². The molecule has 2 amide bonds. The topological polar surface area (TPSA) is 80.1 Å². The lowest BCUT2D eigenvalue weighted by Gasteiger charge is -2.29. The van der Waals surface area contributed by atoms with Crippen LogP contribution in [0.5, 0.6) is 0 Å². The lowest BCUT2D eigenvalue weighted by molar-refractivity contribution is -0.132. The van der Waals surface area contributed by atoms with Crippen molar-refractivity contribution in [2.24, 2.45) is 0 Å². The predicted molar refractivity (Wildman–Crippen MR) is 118 cm³/mol. The summed E-state index contributed by atoms with van der Waals surface area (Å²) in [5.41, 5.74) is 4.96. The number of rotatable bonds is 6. The maximum atomic E-state index is 12.5. The van der Waals surface area contributed by atoms with Gasteiger partial charge in [-0.15, -0.1) is 0 Å². The third-order valence-electron chi connectivity index (χ3n) is 5.57. The van der Waals surface area contributed by atoms with Gasteiger partial charge in [-0.2, -0.15) is 5.10 Å². The third kappa shape index (κ3) is 4.82. The van der Waals surface area contributed by atoms with Crippen molar-refractivity contribution >= 4 is 11.8 Å². The largest absolute Gasteiger partial charge is 0.352 e. The van der Waals surface area contributed by atoms with Crippen LogP contribution in [0.25, 0.3) is 5.82 Å². The summed E-state index contributed by atoms with van der Waals surface area (Å²) >= 11 is 0. The van der Waals surface area contributed by atoms with Crippen molar-refractivity contribution in [1.82, 2.24) is 25.0 Å². The van der Waals surface area contributed by atoms with E-state index in [2.05, 4.69) is 27.5 Å². The Kier molecular flexibility index (Phi) is 6.11. The fraction of sp³-hybridized carbons (Fsp3) is 0.333. The number of carbonyl (C=O) groups excluding carboxylic acids is 2. The Hall–Kier alpha value is -3.48. The number of nitrogens with one attached hydrogen (secondary N) is 1. The summed E-state index contributed by atoms with van der Waals surface area (Å²) in [4.78, 5) is 31.2. The molecule has 0 spiro atoms. The van der Waals surface area contributed by atoms with Gasteiger partial charge in [0, 0.05) is 37.9 Å². The van der Waals surface area contributed by atoms with Crippen molar-refractivity contribution in [1.29, 1.82) is 0 Å². The molecule has 0 saturated heterocycles. The highest BCUT2D eigenvalue weighted by atomic mass is 16.2. The molecule has 0 unspecified atom stereocenters. The zero-order chi connectivity index (χ0) is 21.8. The Morgan fingerprint density at radius 3 is 2.61 bits per heavy atom. The monoisotopic (exact) mass is 417 g/mol. The van der Waals surface area contributed by atoms with Crippen molar-refractivity contribution in [3.63, 3.8) is 0 Å². The van der Waals surface area contributed by atoms with Crippen LogP contribution in [0.4, 0.5) is 0 Å². The Labute approximate surface area is 182 Å². The maximum absolute atomic E-state index is 12.5. The fourth-order valence-corrected chi connectivity index (χ4v) is 3.92. The number of aromatic nitrogens is 3. The van der Waals surface area contributed by atoms with Crippen molar-refractivity contribution in [3.8, 4) is 5.82 Å². The highest BCUT2D eigenvalue weighted by Crippen LogP contribution is 2.19. The molecule has 7 nitrogen and oxygen atoms in total. The summed E-state index contributed by atoms with van der Waals surface area (Å²) in [5, 5.41) is 7.28. The highest BCUT2D eigenvalue weighted by Gasteiger charge is 2.19. The standard InChI is InChI=1S/C24H27N5O2/c1-17-14-18(2)29(27-17)22-10-9-20(15-26-22)24(31)25-12-5-8-23(30)28-13-11-19-6-3-4-7-21(19)16-28/h3-4,6-7,9-10,14-15H,5,8,11-13,16H2,1-2H3,(H,25,31). The number of hydrogen-bond acceptors (Lipinski definition) is 4. The number of nitrogens with zero attached hydrogens (tertiary/aromatic N) is 4. The second-order valence-electron chi connectivity index (χ2n) is 7.94. The minimum Gasteiger partial charge on any atom is -0.352 e. The number of fused-ring (bicyclic) bond motifs is 1. The lowest BCUT2D eigenvalue weighted by Crippen LogP contribution is -2.36. The van der Waals surface area contributed by atoms with Crippen molar-refractivity contribution in [2.75, 3.05) is 13.1 Å². The average Bonchev–Trinajstić information content (AvgIpc) is 3.14. The van der Waals surface area contributed by atoms with Crippen LogP contribution in [0.15, 0.2) is 48.7 Å². The van der Waals surface area contributed by atoms with Gasteiger partial charge >= 0.3 is 0 Å². The third-order valence-corrected chi connectivity index (χ3v) is 5.57. The molecule has 0 radical (unpaired) electrons. The van der Waals surface area contributed by atoms with E-state index in [4.69, 9.17) is 0 Å². The molecule has 1 aliphatic heterocycles. The Balaban J connectivity index is 1.23. The SMILES string of the molecule is Cc1cc(C)n(-c2ccc(C(=O)NCCCC(=O)N3CCc4ccccc4C3)cn2)n1. The van der Waals surface area contributed by atoms with Crippen LogP contribution in [-0.2, 0) is 17.8 Å². The first-order valence-electron chi connectivity index (χ1n) is 10.6. The van der Waals surface area contributed by atoms with E-state index in [0.29, 0.717) is 37.3 Å². The van der Waals surface area contributed by atoms with Gasteiger partial charge in [0.2, 0.25) is 5.91 Å². The molecule has 0 fully saturated rings. The van der Waals surface area contributed by atoms with Crippen LogP contribution in [-0.4, -0.2) is 44.6 Å².